The minimum atomic E-state index is -0.183. The summed E-state index contributed by atoms with van der Waals surface area (Å²) in [7, 11) is 3.36. The van der Waals surface area contributed by atoms with E-state index in [1.54, 1.807) is 30.3 Å². The number of rotatable bonds is 4. The van der Waals surface area contributed by atoms with Crippen LogP contribution in [0.15, 0.2) is 42.5 Å². The summed E-state index contributed by atoms with van der Waals surface area (Å²) in [5, 5.41) is 6.30. The van der Waals surface area contributed by atoms with Gasteiger partial charge in [-0.3, -0.25) is 4.79 Å². The highest BCUT2D eigenvalue weighted by molar-refractivity contribution is 6.32. The Morgan fingerprint density at radius 1 is 1.10 bits per heavy atom. The third kappa shape index (κ3) is 3.22. The van der Waals surface area contributed by atoms with Gasteiger partial charge in [0.05, 0.1) is 12.1 Å². The molecule has 0 heterocycles. The number of halogens is 1. The Bertz CT molecular complexity index is 612. The topological polar surface area (TPSA) is 50.4 Å². The molecule has 0 saturated carbocycles. The van der Waals surface area contributed by atoms with Crippen LogP contribution in [0.1, 0.15) is 10.4 Å². The fourth-order valence-electron chi connectivity index (χ4n) is 1.73. The van der Waals surface area contributed by atoms with Crippen molar-refractivity contribution in [3.05, 3.63) is 53.1 Å². The van der Waals surface area contributed by atoms with Crippen LogP contribution in [-0.2, 0) is 0 Å². The van der Waals surface area contributed by atoms with E-state index in [0.717, 1.165) is 5.69 Å². The van der Waals surface area contributed by atoms with Crippen LogP contribution >= 0.6 is 11.6 Å². The summed E-state index contributed by atoms with van der Waals surface area (Å²) in [6.45, 7) is 0. The first-order valence-electron chi connectivity index (χ1n) is 6.06. The maximum atomic E-state index is 12.1. The van der Waals surface area contributed by atoms with Crippen molar-refractivity contribution in [2.45, 2.75) is 0 Å². The molecule has 0 atom stereocenters. The maximum Gasteiger partial charge on any atom is 0.255 e. The SMILES string of the molecule is CNc1ccc(C(=O)Nc2ccc(Cl)c(OC)c2)cc1. The lowest BCUT2D eigenvalue weighted by molar-refractivity contribution is 0.102. The number of nitrogens with one attached hydrogen (secondary N) is 2. The molecular weight excluding hydrogens is 276 g/mol. The zero-order valence-corrected chi connectivity index (χ0v) is 12.0. The second kappa shape index (κ2) is 6.30. The number of carbonyl (C=O) groups excluding carboxylic acids is 1. The maximum absolute atomic E-state index is 12.1. The van der Waals surface area contributed by atoms with Gasteiger partial charge in [-0.05, 0) is 36.4 Å². The Balaban J connectivity index is 2.14. The van der Waals surface area contributed by atoms with E-state index in [4.69, 9.17) is 16.3 Å². The number of hydrogen-bond donors (Lipinski definition) is 2. The van der Waals surface area contributed by atoms with Gasteiger partial charge in [0.15, 0.2) is 0 Å². The van der Waals surface area contributed by atoms with Crippen molar-refractivity contribution in [1.82, 2.24) is 0 Å². The number of carbonyl (C=O) groups is 1. The van der Waals surface area contributed by atoms with Crippen molar-refractivity contribution >= 4 is 28.9 Å². The summed E-state index contributed by atoms with van der Waals surface area (Å²) in [5.41, 5.74) is 2.17. The van der Waals surface area contributed by atoms with Gasteiger partial charge in [0, 0.05) is 30.1 Å². The van der Waals surface area contributed by atoms with Gasteiger partial charge in [0.2, 0.25) is 0 Å². The molecule has 0 aliphatic heterocycles. The highest BCUT2D eigenvalue weighted by Gasteiger charge is 2.08. The molecule has 0 unspecified atom stereocenters. The number of ether oxygens (including phenoxy) is 1. The predicted molar refractivity (Wildman–Crippen MR) is 81.9 cm³/mol. The molecule has 5 heteroatoms. The van der Waals surface area contributed by atoms with Crippen molar-refractivity contribution in [3.63, 3.8) is 0 Å². The fraction of sp³-hybridized carbons (Fsp3) is 0.133. The normalized spacial score (nSPS) is 9.95. The smallest absolute Gasteiger partial charge is 0.255 e. The monoisotopic (exact) mass is 290 g/mol. The van der Waals surface area contributed by atoms with E-state index in [1.807, 2.05) is 19.2 Å². The molecule has 0 saturated heterocycles. The molecule has 2 aromatic carbocycles. The van der Waals surface area contributed by atoms with Gasteiger partial charge in [-0.15, -0.1) is 0 Å². The first-order valence-corrected chi connectivity index (χ1v) is 6.44. The van der Waals surface area contributed by atoms with E-state index >= 15 is 0 Å². The lowest BCUT2D eigenvalue weighted by Crippen LogP contribution is -2.11. The first kappa shape index (κ1) is 14.2. The predicted octanol–water partition coefficient (Wildman–Crippen LogP) is 3.64. The molecule has 2 rings (SSSR count). The molecule has 0 aliphatic carbocycles. The molecule has 4 nitrogen and oxygen atoms in total. The van der Waals surface area contributed by atoms with Gasteiger partial charge in [-0.2, -0.15) is 0 Å². The highest BCUT2D eigenvalue weighted by Crippen LogP contribution is 2.27. The largest absolute Gasteiger partial charge is 0.495 e. The van der Waals surface area contributed by atoms with E-state index in [-0.39, 0.29) is 5.91 Å². The van der Waals surface area contributed by atoms with E-state index in [2.05, 4.69) is 10.6 Å². The van der Waals surface area contributed by atoms with E-state index in [1.165, 1.54) is 7.11 Å². The lowest BCUT2D eigenvalue weighted by atomic mass is 10.2. The van der Waals surface area contributed by atoms with E-state index in [0.29, 0.717) is 22.0 Å². The lowest BCUT2D eigenvalue weighted by Gasteiger charge is -2.09. The number of methoxy groups -OCH3 is 1. The minimum absolute atomic E-state index is 0.183. The third-order valence-corrected chi connectivity index (χ3v) is 3.16. The summed E-state index contributed by atoms with van der Waals surface area (Å²) < 4.78 is 5.11. The molecule has 0 aromatic heterocycles. The van der Waals surface area contributed by atoms with Crippen molar-refractivity contribution in [2.24, 2.45) is 0 Å². The molecular formula is C15H15ClN2O2. The summed E-state index contributed by atoms with van der Waals surface area (Å²) in [6, 6.07) is 12.3. The number of amides is 1. The van der Waals surface area contributed by atoms with Crippen LogP contribution < -0.4 is 15.4 Å². The van der Waals surface area contributed by atoms with Gasteiger partial charge >= 0.3 is 0 Å². The van der Waals surface area contributed by atoms with Crippen molar-refractivity contribution in [2.75, 3.05) is 24.8 Å². The average molecular weight is 291 g/mol. The van der Waals surface area contributed by atoms with Crippen molar-refractivity contribution < 1.29 is 9.53 Å². The average Bonchev–Trinajstić information content (AvgIpc) is 2.49. The number of benzene rings is 2. The van der Waals surface area contributed by atoms with Crippen LogP contribution in [0, 0.1) is 0 Å². The van der Waals surface area contributed by atoms with E-state index < -0.39 is 0 Å². The minimum Gasteiger partial charge on any atom is -0.495 e. The van der Waals surface area contributed by atoms with Crippen LogP contribution in [0.25, 0.3) is 0 Å². The molecule has 20 heavy (non-hydrogen) atoms. The van der Waals surface area contributed by atoms with Crippen LogP contribution in [0.4, 0.5) is 11.4 Å². The van der Waals surface area contributed by atoms with Crippen LogP contribution in [0.2, 0.25) is 5.02 Å². The zero-order chi connectivity index (χ0) is 14.5. The number of hydrogen-bond acceptors (Lipinski definition) is 3. The fourth-order valence-corrected chi connectivity index (χ4v) is 1.92. The Kier molecular flexibility index (Phi) is 4.48. The van der Waals surface area contributed by atoms with Crippen LogP contribution in [0.3, 0.4) is 0 Å². The summed E-state index contributed by atoms with van der Waals surface area (Å²) >= 11 is 5.94. The Labute approximate surface area is 122 Å². The first-order chi connectivity index (χ1) is 9.63. The number of anilines is 2. The zero-order valence-electron chi connectivity index (χ0n) is 11.2. The Hall–Kier alpha value is -2.20. The standard InChI is InChI=1S/C15H15ClN2O2/c1-17-11-5-3-10(4-6-11)15(19)18-12-7-8-13(16)14(9-12)20-2/h3-9,17H,1-2H3,(H,18,19). The van der Waals surface area contributed by atoms with Gasteiger partial charge in [0.25, 0.3) is 5.91 Å². The van der Waals surface area contributed by atoms with Gasteiger partial charge < -0.3 is 15.4 Å². The highest BCUT2D eigenvalue weighted by atomic mass is 35.5. The van der Waals surface area contributed by atoms with Crippen molar-refractivity contribution in [3.8, 4) is 5.75 Å². The Morgan fingerprint density at radius 2 is 1.75 bits per heavy atom. The van der Waals surface area contributed by atoms with Crippen LogP contribution in [0.5, 0.6) is 5.75 Å². The van der Waals surface area contributed by atoms with Gasteiger partial charge in [0.1, 0.15) is 5.75 Å². The quantitative estimate of drug-likeness (QED) is 0.904. The summed E-state index contributed by atoms with van der Waals surface area (Å²) in [5.74, 6) is 0.340. The van der Waals surface area contributed by atoms with Crippen molar-refractivity contribution in [1.29, 1.82) is 0 Å². The Morgan fingerprint density at radius 3 is 2.35 bits per heavy atom. The molecule has 2 N–H and O–H groups in total. The third-order valence-electron chi connectivity index (χ3n) is 2.84. The molecule has 0 aliphatic rings. The van der Waals surface area contributed by atoms with E-state index in [9.17, 15) is 4.79 Å². The molecule has 104 valence electrons. The second-order valence-electron chi connectivity index (χ2n) is 4.13. The summed E-state index contributed by atoms with van der Waals surface area (Å²) in [6.07, 6.45) is 0. The second-order valence-corrected chi connectivity index (χ2v) is 4.54. The van der Waals surface area contributed by atoms with Gasteiger partial charge in [-0.25, -0.2) is 0 Å². The summed E-state index contributed by atoms with van der Waals surface area (Å²) in [4.78, 5) is 12.1. The molecule has 0 bridgehead atoms. The molecule has 1 amide bonds. The molecule has 2 aromatic rings. The molecule has 0 fully saturated rings. The molecule has 0 spiro atoms. The van der Waals surface area contributed by atoms with Gasteiger partial charge in [-0.1, -0.05) is 11.6 Å². The molecule has 0 radical (unpaired) electrons. The van der Waals surface area contributed by atoms with Crippen LogP contribution in [-0.4, -0.2) is 20.1 Å².